The summed E-state index contributed by atoms with van der Waals surface area (Å²) in [7, 11) is 1.68. The molecule has 0 atom stereocenters. The number of ether oxygens (including phenoxy) is 1. The molecule has 2 aromatic heterocycles. The van der Waals surface area contributed by atoms with Crippen molar-refractivity contribution in [2.24, 2.45) is 5.73 Å². The molecule has 0 saturated heterocycles. The Hall–Kier alpha value is -2.27. The Balaban J connectivity index is 1.95. The quantitative estimate of drug-likeness (QED) is 0.382. The van der Waals surface area contributed by atoms with E-state index in [1.807, 2.05) is 42.5 Å². The number of benzene rings is 2. The Morgan fingerprint density at radius 3 is 2.68 bits per heavy atom. The lowest BCUT2D eigenvalue weighted by atomic mass is 10.0. The molecule has 2 heterocycles. The summed E-state index contributed by atoms with van der Waals surface area (Å²) in [5, 5.41) is 3.10. The lowest BCUT2D eigenvalue weighted by Crippen LogP contribution is -1.99. The molecule has 0 aliphatic rings. The number of hydrogen-bond acceptors (Lipinski definition) is 3. The standard InChI is InChI=1S/C22H21Cl2N3O/c1-28-19-12-18(26-17-8-3-2-7-15(17)19)21-13(6-4-5-11-25)14-9-10-16(23)20(24)22(14)27-21/h2-3,7-10,12,27H,4-6,11,25H2,1H3. The van der Waals surface area contributed by atoms with Gasteiger partial charge in [-0.3, -0.25) is 0 Å². The van der Waals surface area contributed by atoms with E-state index in [2.05, 4.69) is 4.98 Å². The van der Waals surface area contributed by atoms with Crippen molar-refractivity contribution < 1.29 is 4.74 Å². The average Bonchev–Trinajstić information content (AvgIpc) is 3.09. The van der Waals surface area contributed by atoms with Crippen molar-refractivity contribution in [3.05, 3.63) is 58.1 Å². The fourth-order valence-corrected chi connectivity index (χ4v) is 3.99. The maximum absolute atomic E-state index is 6.49. The summed E-state index contributed by atoms with van der Waals surface area (Å²) < 4.78 is 5.63. The van der Waals surface area contributed by atoms with Gasteiger partial charge in [0.25, 0.3) is 0 Å². The van der Waals surface area contributed by atoms with Gasteiger partial charge in [0.1, 0.15) is 5.75 Å². The molecule has 4 nitrogen and oxygen atoms in total. The Labute approximate surface area is 173 Å². The Bertz CT molecular complexity index is 1150. The van der Waals surface area contributed by atoms with Gasteiger partial charge < -0.3 is 15.5 Å². The SMILES string of the molecule is COc1cc(-c2[nH]c3c(Cl)c(Cl)ccc3c2CCCCN)nc2ccccc12. The first kappa shape index (κ1) is 19.1. The number of nitrogens with one attached hydrogen (secondary N) is 1. The number of nitrogens with two attached hydrogens (primary N) is 1. The summed E-state index contributed by atoms with van der Waals surface area (Å²) in [6.45, 7) is 0.673. The van der Waals surface area contributed by atoms with Crippen molar-refractivity contribution >= 4 is 45.0 Å². The minimum Gasteiger partial charge on any atom is -0.496 e. The smallest absolute Gasteiger partial charge is 0.130 e. The second-order valence-corrected chi connectivity index (χ2v) is 7.52. The first-order valence-electron chi connectivity index (χ1n) is 9.26. The molecular weight excluding hydrogens is 393 g/mol. The van der Waals surface area contributed by atoms with Crippen LogP contribution in [0.25, 0.3) is 33.2 Å². The Kier molecular flexibility index (Phi) is 5.44. The third-order valence-corrected chi connectivity index (χ3v) is 5.81. The zero-order chi connectivity index (χ0) is 19.7. The molecule has 0 radical (unpaired) electrons. The molecule has 28 heavy (non-hydrogen) atoms. The molecule has 0 aliphatic heterocycles. The average molecular weight is 414 g/mol. The van der Waals surface area contributed by atoms with Gasteiger partial charge in [0, 0.05) is 16.8 Å². The maximum atomic E-state index is 6.49. The number of unbranched alkanes of at least 4 members (excludes halogenated alkanes) is 1. The van der Waals surface area contributed by atoms with E-state index in [4.69, 9.17) is 38.7 Å². The zero-order valence-electron chi connectivity index (χ0n) is 15.6. The van der Waals surface area contributed by atoms with Crippen molar-refractivity contribution in [3.8, 4) is 17.1 Å². The van der Waals surface area contributed by atoms with Gasteiger partial charge >= 0.3 is 0 Å². The third kappa shape index (κ3) is 3.32. The third-order valence-electron chi connectivity index (χ3n) is 5.01. The number of rotatable bonds is 6. The molecule has 3 N–H and O–H groups in total. The summed E-state index contributed by atoms with van der Waals surface area (Å²) in [5.41, 5.74) is 10.4. The normalized spacial score (nSPS) is 11.4. The molecule has 6 heteroatoms. The molecule has 0 spiro atoms. The van der Waals surface area contributed by atoms with E-state index in [1.165, 1.54) is 5.56 Å². The Morgan fingerprint density at radius 2 is 1.89 bits per heavy atom. The van der Waals surface area contributed by atoms with Crippen LogP contribution < -0.4 is 10.5 Å². The second-order valence-electron chi connectivity index (χ2n) is 6.74. The molecule has 2 aromatic carbocycles. The van der Waals surface area contributed by atoms with Crippen molar-refractivity contribution in [1.82, 2.24) is 9.97 Å². The van der Waals surface area contributed by atoms with Crippen LogP contribution in [0.2, 0.25) is 10.0 Å². The lowest BCUT2D eigenvalue weighted by Gasteiger charge is -2.10. The topological polar surface area (TPSA) is 63.9 Å². The van der Waals surface area contributed by atoms with Crippen molar-refractivity contribution in [3.63, 3.8) is 0 Å². The number of nitrogens with zero attached hydrogens (tertiary/aromatic N) is 1. The van der Waals surface area contributed by atoms with Crippen LogP contribution in [0.3, 0.4) is 0 Å². The van der Waals surface area contributed by atoms with Crippen molar-refractivity contribution in [2.45, 2.75) is 19.3 Å². The number of aromatic nitrogens is 2. The molecule has 4 rings (SSSR count). The summed E-state index contributed by atoms with van der Waals surface area (Å²) in [5.74, 6) is 0.788. The van der Waals surface area contributed by atoms with Crippen LogP contribution in [0.4, 0.5) is 0 Å². The number of H-pyrrole nitrogens is 1. The lowest BCUT2D eigenvalue weighted by molar-refractivity contribution is 0.419. The van der Waals surface area contributed by atoms with E-state index >= 15 is 0 Å². The van der Waals surface area contributed by atoms with Crippen LogP contribution in [-0.2, 0) is 6.42 Å². The zero-order valence-corrected chi connectivity index (χ0v) is 17.1. The molecule has 0 fully saturated rings. The van der Waals surface area contributed by atoms with E-state index in [0.29, 0.717) is 16.6 Å². The number of para-hydroxylation sites is 1. The number of halogens is 2. The molecular formula is C22H21Cl2N3O. The predicted octanol–water partition coefficient (Wildman–Crippen LogP) is 5.98. The van der Waals surface area contributed by atoms with Crippen molar-refractivity contribution in [2.75, 3.05) is 13.7 Å². The number of aromatic amines is 1. The van der Waals surface area contributed by atoms with E-state index in [-0.39, 0.29) is 0 Å². The second kappa shape index (κ2) is 8.00. The van der Waals surface area contributed by atoms with Gasteiger partial charge in [0.2, 0.25) is 0 Å². The summed E-state index contributed by atoms with van der Waals surface area (Å²) in [6, 6.07) is 13.8. The fourth-order valence-electron chi connectivity index (χ4n) is 3.62. The number of hydrogen-bond donors (Lipinski definition) is 2. The van der Waals surface area contributed by atoms with E-state index in [0.717, 1.165) is 58.2 Å². The van der Waals surface area contributed by atoms with Crippen LogP contribution in [0.5, 0.6) is 5.75 Å². The fraction of sp³-hybridized carbons (Fsp3) is 0.227. The van der Waals surface area contributed by atoms with E-state index in [1.54, 1.807) is 7.11 Å². The van der Waals surface area contributed by atoms with Gasteiger partial charge in [-0.2, -0.15) is 0 Å². The molecule has 0 saturated carbocycles. The highest BCUT2D eigenvalue weighted by atomic mass is 35.5. The number of pyridine rings is 1. The van der Waals surface area contributed by atoms with Crippen LogP contribution in [0.1, 0.15) is 18.4 Å². The molecule has 144 valence electrons. The van der Waals surface area contributed by atoms with Crippen molar-refractivity contribution in [1.29, 1.82) is 0 Å². The van der Waals surface area contributed by atoms with Crippen LogP contribution in [0, 0.1) is 0 Å². The molecule has 4 aromatic rings. The first-order chi connectivity index (χ1) is 13.6. The number of fused-ring (bicyclic) bond motifs is 2. The monoisotopic (exact) mass is 413 g/mol. The van der Waals surface area contributed by atoms with Gasteiger partial charge in [-0.15, -0.1) is 0 Å². The first-order valence-corrected chi connectivity index (χ1v) is 10.0. The Morgan fingerprint density at radius 1 is 1.07 bits per heavy atom. The molecule has 0 amide bonds. The number of aryl methyl sites for hydroxylation is 1. The largest absolute Gasteiger partial charge is 0.496 e. The molecule has 0 bridgehead atoms. The van der Waals surface area contributed by atoms with Gasteiger partial charge in [0.15, 0.2) is 0 Å². The van der Waals surface area contributed by atoms with E-state index < -0.39 is 0 Å². The predicted molar refractivity (Wildman–Crippen MR) is 118 cm³/mol. The minimum atomic E-state index is 0.526. The van der Waals surface area contributed by atoms with Gasteiger partial charge in [0.05, 0.1) is 39.6 Å². The van der Waals surface area contributed by atoms with E-state index in [9.17, 15) is 0 Å². The van der Waals surface area contributed by atoms with Crippen LogP contribution in [-0.4, -0.2) is 23.6 Å². The van der Waals surface area contributed by atoms with Crippen LogP contribution in [0.15, 0.2) is 42.5 Å². The summed E-state index contributed by atoms with van der Waals surface area (Å²) in [6.07, 6.45) is 2.82. The maximum Gasteiger partial charge on any atom is 0.130 e. The number of methoxy groups -OCH3 is 1. The highest BCUT2D eigenvalue weighted by Gasteiger charge is 2.18. The van der Waals surface area contributed by atoms with Gasteiger partial charge in [-0.05, 0) is 49.6 Å². The minimum absolute atomic E-state index is 0.526. The van der Waals surface area contributed by atoms with Gasteiger partial charge in [-0.1, -0.05) is 41.4 Å². The summed E-state index contributed by atoms with van der Waals surface area (Å²) in [4.78, 5) is 8.35. The highest BCUT2D eigenvalue weighted by Crippen LogP contribution is 2.39. The van der Waals surface area contributed by atoms with Gasteiger partial charge in [-0.25, -0.2) is 4.98 Å². The highest BCUT2D eigenvalue weighted by molar-refractivity contribution is 6.45. The molecule has 0 unspecified atom stereocenters. The summed E-state index contributed by atoms with van der Waals surface area (Å²) >= 11 is 12.7. The van der Waals surface area contributed by atoms with Crippen LogP contribution >= 0.6 is 23.2 Å². The molecule has 0 aliphatic carbocycles.